The predicted molar refractivity (Wildman–Crippen MR) is 74.5 cm³/mol. The van der Waals surface area contributed by atoms with Gasteiger partial charge in [0.15, 0.2) is 5.82 Å². The number of phenolic OH excluding ortho intramolecular Hbond substituents is 1. The van der Waals surface area contributed by atoms with E-state index in [2.05, 4.69) is 36.1 Å². The average molecular weight is 274 g/mol. The van der Waals surface area contributed by atoms with Crippen molar-refractivity contribution < 1.29 is 5.11 Å². The van der Waals surface area contributed by atoms with Crippen LogP contribution in [0.4, 0.5) is 0 Å². The Hall–Kier alpha value is -1.95. The Labute approximate surface area is 114 Å². The van der Waals surface area contributed by atoms with Gasteiger partial charge < -0.3 is 5.11 Å². The first-order valence-electron chi connectivity index (χ1n) is 5.97. The molecule has 0 saturated heterocycles. The van der Waals surface area contributed by atoms with Gasteiger partial charge in [0, 0.05) is 11.0 Å². The van der Waals surface area contributed by atoms with Crippen molar-refractivity contribution in [3.63, 3.8) is 0 Å². The van der Waals surface area contributed by atoms with Crippen LogP contribution in [0, 0.1) is 0 Å². The summed E-state index contributed by atoms with van der Waals surface area (Å²) in [5.41, 5.74) is 0.777. The largest absolute Gasteiger partial charge is 0.508 e. The number of aromatic hydroxyl groups is 1. The quantitative estimate of drug-likeness (QED) is 0.741. The molecule has 2 aromatic heterocycles. The van der Waals surface area contributed by atoms with Crippen molar-refractivity contribution in [2.24, 2.45) is 0 Å². The normalized spacial score (nSPS) is 12.2. The average Bonchev–Trinajstić information content (AvgIpc) is 2.85. The number of benzene rings is 1. The van der Waals surface area contributed by atoms with Crippen molar-refractivity contribution in [1.29, 1.82) is 0 Å². The topological polar surface area (TPSA) is 63.3 Å². The van der Waals surface area contributed by atoms with Gasteiger partial charge in [0.1, 0.15) is 10.8 Å². The second-order valence-electron chi connectivity index (χ2n) is 5.43. The summed E-state index contributed by atoms with van der Waals surface area (Å²) in [6.45, 7) is 6.24. The van der Waals surface area contributed by atoms with Gasteiger partial charge in [-0.15, -0.1) is 10.2 Å². The van der Waals surface area contributed by atoms with Crippen LogP contribution in [0.15, 0.2) is 24.3 Å². The van der Waals surface area contributed by atoms with E-state index < -0.39 is 0 Å². The Morgan fingerprint density at radius 1 is 1.21 bits per heavy atom. The molecule has 0 saturated carbocycles. The lowest BCUT2D eigenvalue weighted by molar-refractivity contribution is 0.475. The highest BCUT2D eigenvalue weighted by molar-refractivity contribution is 7.19. The van der Waals surface area contributed by atoms with Crippen molar-refractivity contribution in [2.75, 3.05) is 0 Å². The zero-order valence-electron chi connectivity index (χ0n) is 11.0. The summed E-state index contributed by atoms with van der Waals surface area (Å²) < 4.78 is 1.78. The van der Waals surface area contributed by atoms with E-state index >= 15 is 0 Å². The maximum Gasteiger partial charge on any atom is 0.235 e. The summed E-state index contributed by atoms with van der Waals surface area (Å²) in [6, 6.07) is 7.06. The van der Waals surface area contributed by atoms with Crippen LogP contribution in [0.1, 0.15) is 26.6 Å². The molecule has 0 aliphatic rings. The smallest absolute Gasteiger partial charge is 0.235 e. The fraction of sp³-hybridized carbons (Fsp3) is 0.308. The lowest BCUT2D eigenvalue weighted by Gasteiger charge is -2.13. The number of aromatic nitrogens is 4. The van der Waals surface area contributed by atoms with Gasteiger partial charge in [0.2, 0.25) is 4.96 Å². The number of nitrogens with zero attached hydrogens (tertiary/aromatic N) is 4. The summed E-state index contributed by atoms with van der Waals surface area (Å²) in [4.78, 5) is 0.767. The third kappa shape index (κ3) is 2.08. The standard InChI is InChI=1S/C13H14N4OS/c1-13(2,3)11-14-15-12-17(11)16-10(19-12)8-5-4-6-9(18)7-8/h4-7,18H,1-3H3. The maximum atomic E-state index is 9.53. The Balaban J connectivity index is 2.15. The number of hydrogen-bond acceptors (Lipinski definition) is 5. The highest BCUT2D eigenvalue weighted by Crippen LogP contribution is 2.29. The van der Waals surface area contributed by atoms with Crippen LogP contribution in [0.3, 0.4) is 0 Å². The van der Waals surface area contributed by atoms with Crippen LogP contribution >= 0.6 is 11.3 Å². The number of hydrogen-bond donors (Lipinski definition) is 1. The van der Waals surface area contributed by atoms with Crippen molar-refractivity contribution in [3.05, 3.63) is 30.1 Å². The van der Waals surface area contributed by atoms with Gasteiger partial charge in [-0.2, -0.15) is 9.61 Å². The van der Waals surface area contributed by atoms with Crippen LogP contribution in [-0.2, 0) is 5.41 Å². The zero-order valence-corrected chi connectivity index (χ0v) is 11.8. The molecule has 19 heavy (non-hydrogen) atoms. The number of rotatable bonds is 1. The molecule has 1 N–H and O–H groups in total. The Bertz CT molecular complexity index is 739. The molecule has 6 heteroatoms. The van der Waals surface area contributed by atoms with Crippen LogP contribution in [0.25, 0.3) is 15.5 Å². The first-order valence-corrected chi connectivity index (χ1v) is 6.79. The van der Waals surface area contributed by atoms with Gasteiger partial charge in [-0.3, -0.25) is 0 Å². The zero-order chi connectivity index (χ0) is 13.6. The minimum Gasteiger partial charge on any atom is -0.508 e. The second-order valence-corrected chi connectivity index (χ2v) is 6.38. The van der Waals surface area contributed by atoms with E-state index in [4.69, 9.17) is 0 Å². The lowest BCUT2D eigenvalue weighted by Crippen LogP contribution is -2.16. The molecule has 0 aliphatic heterocycles. The molecule has 98 valence electrons. The second kappa shape index (κ2) is 4.03. The van der Waals surface area contributed by atoms with E-state index in [9.17, 15) is 5.11 Å². The molecule has 0 fully saturated rings. The molecular formula is C13H14N4OS. The molecule has 5 nitrogen and oxygen atoms in total. The molecular weight excluding hydrogens is 260 g/mol. The Kier molecular flexibility index (Phi) is 2.56. The van der Waals surface area contributed by atoms with Gasteiger partial charge in [-0.1, -0.05) is 44.2 Å². The Morgan fingerprint density at radius 3 is 2.68 bits per heavy atom. The van der Waals surface area contributed by atoms with E-state index in [1.807, 2.05) is 6.07 Å². The molecule has 3 rings (SSSR count). The molecule has 0 amide bonds. The maximum absolute atomic E-state index is 9.53. The van der Waals surface area contributed by atoms with Gasteiger partial charge >= 0.3 is 0 Å². The van der Waals surface area contributed by atoms with E-state index in [0.29, 0.717) is 0 Å². The highest BCUT2D eigenvalue weighted by Gasteiger charge is 2.23. The first-order chi connectivity index (χ1) is 8.95. The molecule has 0 atom stereocenters. The van der Waals surface area contributed by atoms with Crippen LogP contribution in [0.5, 0.6) is 5.75 Å². The molecule has 3 aromatic rings. The fourth-order valence-electron chi connectivity index (χ4n) is 1.84. The van der Waals surface area contributed by atoms with Gasteiger partial charge in [0.25, 0.3) is 0 Å². The summed E-state index contributed by atoms with van der Waals surface area (Å²) in [5, 5.41) is 23.3. The van der Waals surface area contributed by atoms with E-state index in [0.717, 1.165) is 21.4 Å². The first kappa shape index (κ1) is 12.1. The van der Waals surface area contributed by atoms with Crippen LogP contribution in [-0.4, -0.2) is 24.9 Å². The van der Waals surface area contributed by atoms with Crippen LogP contribution < -0.4 is 0 Å². The van der Waals surface area contributed by atoms with Gasteiger partial charge in [0.05, 0.1) is 0 Å². The van der Waals surface area contributed by atoms with Crippen molar-refractivity contribution in [3.8, 4) is 16.3 Å². The van der Waals surface area contributed by atoms with E-state index in [-0.39, 0.29) is 11.2 Å². The molecule has 2 heterocycles. The van der Waals surface area contributed by atoms with Crippen molar-refractivity contribution in [2.45, 2.75) is 26.2 Å². The predicted octanol–water partition coefficient (Wildman–Crippen LogP) is 2.86. The number of fused-ring (bicyclic) bond motifs is 1. The summed E-state index contributed by atoms with van der Waals surface area (Å²) in [5.74, 6) is 1.07. The summed E-state index contributed by atoms with van der Waals surface area (Å²) in [7, 11) is 0. The highest BCUT2D eigenvalue weighted by atomic mass is 32.1. The van der Waals surface area contributed by atoms with Crippen LogP contribution in [0.2, 0.25) is 0 Å². The van der Waals surface area contributed by atoms with Gasteiger partial charge in [-0.25, -0.2) is 0 Å². The number of phenols is 1. The molecule has 0 radical (unpaired) electrons. The molecule has 1 aromatic carbocycles. The minimum atomic E-state index is -0.108. The molecule has 0 unspecified atom stereocenters. The molecule has 0 spiro atoms. The minimum absolute atomic E-state index is 0.108. The van der Waals surface area contributed by atoms with E-state index in [1.165, 1.54) is 11.3 Å². The fourth-order valence-corrected chi connectivity index (χ4v) is 2.68. The summed E-state index contributed by atoms with van der Waals surface area (Å²) >= 11 is 1.46. The molecule has 0 bridgehead atoms. The van der Waals surface area contributed by atoms with Crippen molar-refractivity contribution >= 4 is 16.3 Å². The third-order valence-electron chi connectivity index (χ3n) is 2.75. The van der Waals surface area contributed by atoms with Gasteiger partial charge in [-0.05, 0) is 12.1 Å². The molecule has 0 aliphatic carbocycles. The summed E-state index contributed by atoms with van der Waals surface area (Å²) in [6.07, 6.45) is 0. The lowest BCUT2D eigenvalue weighted by atomic mass is 9.96. The Morgan fingerprint density at radius 2 is 2.00 bits per heavy atom. The monoisotopic (exact) mass is 274 g/mol. The third-order valence-corrected chi connectivity index (χ3v) is 3.70. The van der Waals surface area contributed by atoms with E-state index in [1.54, 1.807) is 22.7 Å². The van der Waals surface area contributed by atoms with Crippen molar-refractivity contribution in [1.82, 2.24) is 19.8 Å². The SMILES string of the molecule is CC(C)(C)c1nnc2sc(-c3cccc(O)c3)nn12.